The van der Waals surface area contributed by atoms with Crippen LogP contribution in [0.1, 0.15) is 31.8 Å². The summed E-state index contributed by atoms with van der Waals surface area (Å²) in [4.78, 5) is 57.2. The second-order valence-corrected chi connectivity index (χ2v) is 16.2. The molecule has 2 saturated heterocycles. The number of aromatic nitrogens is 6. The van der Waals surface area contributed by atoms with E-state index in [1.807, 2.05) is 20.2 Å². The first-order valence-electron chi connectivity index (χ1n) is 21.3. The predicted molar refractivity (Wildman–Crippen MR) is 254 cm³/mol. The number of benzene rings is 2. The van der Waals surface area contributed by atoms with Crippen LogP contribution in [0.15, 0.2) is 85.5 Å². The third-order valence-corrected chi connectivity index (χ3v) is 10.4. The number of nitriles is 2. The minimum absolute atomic E-state index is 0.0324. The van der Waals surface area contributed by atoms with E-state index in [4.69, 9.17) is 24.6 Å². The summed E-state index contributed by atoms with van der Waals surface area (Å²) >= 11 is 0. The van der Waals surface area contributed by atoms with Crippen molar-refractivity contribution in [3.8, 4) is 52.2 Å². The van der Waals surface area contributed by atoms with Gasteiger partial charge in [0.05, 0.1) is 42.8 Å². The molecule has 2 aliphatic rings. The molecule has 0 atom stereocenters. The number of ether oxygens (including phenoxy) is 3. The molecule has 69 heavy (non-hydrogen) atoms. The fraction of sp³-hybridized carbons (Fsp3) is 0.292. The topological polar surface area (TPSA) is 244 Å². The Bertz CT molecular complexity index is 2870. The molecule has 2 aliphatic heterocycles. The zero-order valence-corrected chi connectivity index (χ0v) is 39.3. The van der Waals surface area contributed by atoms with Gasteiger partial charge in [-0.2, -0.15) is 20.5 Å². The van der Waals surface area contributed by atoms with Gasteiger partial charge >= 0.3 is 0 Å². The summed E-state index contributed by atoms with van der Waals surface area (Å²) in [5.41, 5.74) is 3.56. The zero-order valence-electron chi connectivity index (χ0n) is 39.3. The van der Waals surface area contributed by atoms with Crippen molar-refractivity contribution in [2.24, 2.45) is 0 Å². The van der Waals surface area contributed by atoms with Crippen molar-refractivity contribution in [2.75, 3.05) is 93.3 Å². The largest absolute Gasteiger partial charge is 0.486 e. The Morgan fingerprint density at radius 2 is 1.13 bits per heavy atom. The van der Waals surface area contributed by atoms with E-state index >= 15 is 0 Å². The van der Waals surface area contributed by atoms with Gasteiger partial charge in [-0.15, -0.1) is 0 Å². The highest BCUT2D eigenvalue weighted by atomic mass is 19.1. The van der Waals surface area contributed by atoms with Crippen molar-refractivity contribution in [1.82, 2.24) is 49.5 Å². The summed E-state index contributed by atoms with van der Waals surface area (Å²) in [6.07, 6.45) is 2.84. The Kier molecular flexibility index (Phi) is 16.6. The van der Waals surface area contributed by atoms with Gasteiger partial charge in [0, 0.05) is 77.6 Å². The summed E-state index contributed by atoms with van der Waals surface area (Å²) in [6.45, 7) is 3.41. The average Bonchev–Trinajstić information content (AvgIpc) is 3.33. The van der Waals surface area contributed by atoms with Crippen molar-refractivity contribution in [1.29, 1.82) is 10.5 Å². The molecule has 0 bridgehead atoms. The molecule has 0 radical (unpaired) electrons. The Hall–Kier alpha value is -8.37. The summed E-state index contributed by atoms with van der Waals surface area (Å²) in [7, 11) is 13.5. The number of likely N-dealkylation sites (tertiary alicyclic amines) is 2. The van der Waals surface area contributed by atoms with Crippen LogP contribution in [-0.2, 0) is 0 Å². The first-order chi connectivity index (χ1) is 33.1. The molecule has 3 N–H and O–H groups in total. The monoisotopic (exact) mass is 938 g/mol. The standard InChI is InChI=1S/C24H25N7O3.C20H17FN6O2.C4H9NO/c1-30(2)24(32)18-6-8-21(29-23(18)33-4)28-22-10-19(26-14-27-22)15-5-7-20(16(9-15)11-25)34-17-12-31(3)13-17;1-27(2)20(28)14-5-7-17(26-19(14)29-3)25-18-9-16(23-11-24-18)12-4-6-15(21)13(8-12)10-22;1-5-2-4(6)3-5/h5-10,14,17H,12-13H2,1-4H3,(H,26,27,28,29);4-9,11H,1-3H3,(H,23,24,25,26);4,6H,2-3H2,1H3. The molecule has 8 rings (SSSR count). The highest BCUT2D eigenvalue weighted by molar-refractivity contribution is 5.97. The maximum Gasteiger partial charge on any atom is 0.258 e. The van der Waals surface area contributed by atoms with Crippen molar-refractivity contribution in [2.45, 2.75) is 12.2 Å². The first kappa shape index (κ1) is 50.1. The molecule has 6 aromatic rings. The van der Waals surface area contributed by atoms with E-state index in [0.717, 1.165) is 31.7 Å². The Balaban J connectivity index is 0.000000204. The highest BCUT2D eigenvalue weighted by Gasteiger charge is 2.26. The summed E-state index contributed by atoms with van der Waals surface area (Å²) in [6, 6.07) is 23.6. The molecule has 356 valence electrons. The number of carbonyl (C=O) groups is 2. The lowest BCUT2D eigenvalue weighted by Gasteiger charge is -2.36. The van der Waals surface area contributed by atoms with Crippen LogP contribution in [0.2, 0.25) is 0 Å². The van der Waals surface area contributed by atoms with Crippen molar-refractivity contribution < 1.29 is 33.3 Å². The van der Waals surface area contributed by atoms with Crippen molar-refractivity contribution >= 4 is 35.1 Å². The van der Waals surface area contributed by atoms with Crippen molar-refractivity contribution in [3.63, 3.8) is 0 Å². The molecule has 0 saturated carbocycles. The predicted octanol–water partition coefficient (Wildman–Crippen LogP) is 4.85. The molecule has 2 aromatic carbocycles. The number of halogens is 1. The molecule has 21 heteroatoms. The molecule has 20 nitrogen and oxygen atoms in total. The molecular weight excluding hydrogens is 888 g/mol. The molecule has 0 spiro atoms. The number of nitrogens with one attached hydrogen (secondary N) is 2. The number of aliphatic hydroxyl groups is 1. The summed E-state index contributed by atoms with van der Waals surface area (Å²) in [5.74, 6) is 1.75. The maximum atomic E-state index is 13.5. The van der Waals surface area contributed by atoms with Crippen LogP contribution < -0.4 is 24.8 Å². The van der Waals surface area contributed by atoms with Gasteiger partial charge in [-0.05, 0) is 74.8 Å². The number of pyridine rings is 2. The van der Waals surface area contributed by atoms with Gasteiger partial charge in [0.2, 0.25) is 11.8 Å². The van der Waals surface area contributed by atoms with Gasteiger partial charge < -0.3 is 44.7 Å². The van der Waals surface area contributed by atoms with E-state index in [9.17, 15) is 19.2 Å². The van der Waals surface area contributed by atoms with Crippen LogP contribution >= 0.6 is 0 Å². The van der Waals surface area contributed by atoms with Crippen LogP contribution in [0.3, 0.4) is 0 Å². The van der Waals surface area contributed by atoms with Crippen LogP contribution in [0.4, 0.5) is 27.7 Å². The van der Waals surface area contributed by atoms with Crippen LogP contribution in [0, 0.1) is 28.5 Å². The third kappa shape index (κ3) is 13.0. The summed E-state index contributed by atoms with van der Waals surface area (Å²) in [5, 5.41) is 33.3. The van der Waals surface area contributed by atoms with Crippen molar-refractivity contribution in [3.05, 3.63) is 114 Å². The molecule has 4 aromatic heterocycles. The van der Waals surface area contributed by atoms with Gasteiger partial charge in [0.25, 0.3) is 11.8 Å². The Morgan fingerprint density at radius 1 is 0.667 bits per heavy atom. The second kappa shape index (κ2) is 22.9. The van der Waals surface area contributed by atoms with Gasteiger partial charge in [0.15, 0.2) is 0 Å². The molecule has 6 heterocycles. The molecular formula is C48H51FN14O6. The SMILES string of the molecule is CN1CC(O)C1.COc1nc(Nc2cc(-c3ccc(F)c(C#N)c3)ncn2)ccc1C(=O)N(C)C.COc1nc(Nc2cc(-c3ccc(OC4CN(C)C4)c(C#N)c3)ncn2)ccc1C(=O)N(C)C. The quantitative estimate of drug-likeness (QED) is 0.148. The number of hydrogen-bond acceptors (Lipinski definition) is 18. The van der Waals surface area contributed by atoms with Gasteiger partial charge in [-0.3, -0.25) is 14.5 Å². The molecule has 0 unspecified atom stereocenters. The summed E-state index contributed by atoms with van der Waals surface area (Å²) < 4.78 is 30.0. The third-order valence-electron chi connectivity index (χ3n) is 10.4. The minimum Gasteiger partial charge on any atom is -0.486 e. The number of amides is 2. The highest BCUT2D eigenvalue weighted by Crippen LogP contribution is 2.30. The Morgan fingerprint density at radius 3 is 1.54 bits per heavy atom. The maximum absolute atomic E-state index is 13.5. The number of methoxy groups -OCH3 is 2. The average molecular weight is 939 g/mol. The van der Waals surface area contributed by atoms with Gasteiger partial charge in [0.1, 0.15) is 76.9 Å². The zero-order chi connectivity index (χ0) is 49.8. The molecule has 2 amide bonds. The number of β-amino-alcohol motifs (C(OH)–C–C–N with tert-alkyl or cyclic N) is 1. The fourth-order valence-corrected chi connectivity index (χ4v) is 6.78. The van der Waals surface area contributed by atoms with Gasteiger partial charge in [-0.25, -0.2) is 24.3 Å². The van der Waals surface area contributed by atoms with E-state index in [-0.39, 0.29) is 41.3 Å². The lowest BCUT2D eigenvalue weighted by Crippen LogP contribution is -2.51. The number of nitrogens with zero attached hydrogens (tertiary/aromatic N) is 12. The second-order valence-electron chi connectivity index (χ2n) is 16.2. The lowest BCUT2D eigenvalue weighted by molar-refractivity contribution is 0.0196. The lowest BCUT2D eigenvalue weighted by atomic mass is 10.1. The van der Waals surface area contributed by atoms with Crippen LogP contribution in [0.5, 0.6) is 17.5 Å². The van der Waals surface area contributed by atoms with Crippen LogP contribution in [-0.4, -0.2) is 161 Å². The number of carbonyl (C=O) groups excluding carboxylic acids is 2. The molecule has 2 fully saturated rings. The number of aliphatic hydroxyl groups excluding tert-OH is 1. The fourth-order valence-electron chi connectivity index (χ4n) is 6.78. The van der Waals surface area contributed by atoms with Gasteiger partial charge in [-0.1, -0.05) is 0 Å². The van der Waals surface area contributed by atoms with E-state index < -0.39 is 5.82 Å². The number of anilines is 4. The normalized spacial score (nSPS) is 13.3. The number of likely N-dealkylation sites (N-methyl/N-ethyl adjacent to an activating group) is 2. The van der Waals surface area contributed by atoms with E-state index in [1.165, 1.54) is 54.9 Å². The minimum atomic E-state index is -0.590. The van der Waals surface area contributed by atoms with E-state index in [0.29, 0.717) is 62.7 Å². The number of rotatable bonds is 12. The first-order valence-corrected chi connectivity index (χ1v) is 21.3. The molecule has 0 aliphatic carbocycles. The van der Waals surface area contributed by atoms with E-state index in [1.54, 1.807) is 82.8 Å². The smallest absolute Gasteiger partial charge is 0.258 e. The van der Waals surface area contributed by atoms with E-state index in [2.05, 4.69) is 56.4 Å². The van der Waals surface area contributed by atoms with Crippen LogP contribution in [0.25, 0.3) is 22.5 Å². The number of hydrogen-bond donors (Lipinski definition) is 3. The Labute approximate surface area is 398 Å².